The predicted octanol–water partition coefficient (Wildman–Crippen LogP) is 2.97. The van der Waals surface area contributed by atoms with Gasteiger partial charge in [0.05, 0.1) is 13.5 Å². The molecule has 0 N–H and O–H groups in total. The van der Waals surface area contributed by atoms with E-state index in [0.29, 0.717) is 5.56 Å². The van der Waals surface area contributed by atoms with Gasteiger partial charge in [-0.25, -0.2) is 0 Å². The second kappa shape index (κ2) is 6.01. The van der Waals surface area contributed by atoms with E-state index >= 15 is 0 Å². The number of rotatable bonds is 4. The van der Waals surface area contributed by atoms with Crippen molar-refractivity contribution in [2.24, 2.45) is 0 Å². The molecule has 0 saturated carbocycles. The summed E-state index contributed by atoms with van der Waals surface area (Å²) in [6.45, 7) is 5.71. The van der Waals surface area contributed by atoms with E-state index in [4.69, 9.17) is 11.6 Å². The number of hydrogen-bond acceptors (Lipinski definition) is 3. The van der Waals surface area contributed by atoms with Crippen molar-refractivity contribution in [2.75, 3.05) is 7.11 Å². The lowest BCUT2D eigenvalue weighted by Crippen LogP contribution is -2.21. The fourth-order valence-corrected chi connectivity index (χ4v) is 2.28. The summed E-state index contributed by atoms with van der Waals surface area (Å²) in [5, 5.41) is -0.877. The van der Waals surface area contributed by atoms with E-state index in [0.717, 1.165) is 16.7 Å². The second-order valence-corrected chi connectivity index (χ2v) is 4.91. The van der Waals surface area contributed by atoms with Gasteiger partial charge in [0.2, 0.25) is 0 Å². The van der Waals surface area contributed by atoms with E-state index < -0.39 is 11.3 Å². The molecule has 4 heteroatoms. The van der Waals surface area contributed by atoms with Crippen LogP contribution in [0.3, 0.4) is 0 Å². The first-order chi connectivity index (χ1) is 8.36. The van der Waals surface area contributed by atoms with Crippen LogP contribution in [-0.4, -0.2) is 24.2 Å². The topological polar surface area (TPSA) is 43.4 Å². The molecule has 1 atom stereocenters. The van der Waals surface area contributed by atoms with E-state index in [1.807, 2.05) is 32.9 Å². The van der Waals surface area contributed by atoms with Crippen LogP contribution in [0.1, 0.15) is 33.5 Å². The van der Waals surface area contributed by atoms with Crippen LogP contribution < -0.4 is 0 Å². The van der Waals surface area contributed by atoms with Crippen LogP contribution in [0.2, 0.25) is 0 Å². The summed E-state index contributed by atoms with van der Waals surface area (Å²) < 4.78 is 4.51. The molecule has 18 heavy (non-hydrogen) atoms. The molecule has 0 saturated heterocycles. The Kier molecular flexibility index (Phi) is 4.91. The van der Waals surface area contributed by atoms with Crippen molar-refractivity contribution in [3.8, 4) is 0 Å². The number of aryl methyl sites for hydroxylation is 3. The fraction of sp³-hybridized carbons (Fsp3) is 0.429. The van der Waals surface area contributed by atoms with Crippen molar-refractivity contribution in [1.29, 1.82) is 0 Å². The first-order valence-corrected chi connectivity index (χ1v) is 6.13. The van der Waals surface area contributed by atoms with Crippen molar-refractivity contribution in [1.82, 2.24) is 0 Å². The third kappa shape index (κ3) is 3.33. The minimum atomic E-state index is -0.877. The molecule has 0 fully saturated rings. The fourth-order valence-electron chi connectivity index (χ4n) is 2.05. The molecule has 0 aliphatic heterocycles. The summed E-state index contributed by atoms with van der Waals surface area (Å²) in [7, 11) is 1.28. The molecule has 0 aliphatic carbocycles. The lowest BCUT2D eigenvalue weighted by Gasteiger charge is -2.13. The largest absolute Gasteiger partial charge is 0.469 e. The smallest absolute Gasteiger partial charge is 0.307 e. The van der Waals surface area contributed by atoms with Crippen LogP contribution in [0, 0.1) is 20.8 Å². The van der Waals surface area contributed by atoms with Crippen LogP contribution in [0.15, 0.2) is 12.1 Å². The number of esters is 1. The van der Waals surface area contributed by atoms with Crippen LogP contribution in [0.5, 0.6) is 0 Å². The number of hydrogen-bond donors (Lipinski definition) is 0. The molecule has 98 valence electrons. The number of ether oxygens (including phenoxy) is 1. The maximum absolute atomic E-state index is 12.2. The van der Waals surface area contributed by atoms with Gasteiger partial charge >= 0.3 is 5.97 Å². The Balaban J connectivity index is 3.00. The van der Waals surface area contributed by atoms with Gasteiger partial charge in [0.1, 0.15) is 5.38 Å². The number of benzene rings is 1. The Hall–Kier alpha value is -1.35. The van der Waals surface area contributed by atoms with Crippen molar-refractivity contribution >= 4 is 23.4 Å². The molecule has 1 aromatic carbocycles. The van der Waals surface area contributed by atoms with Gasteiger partial charge in [0, 0.05) is 5.56 Å². The number of alkyl halides is 1. The Morgan fingerprint density at radius 2 is 1.72 bits per heavy atom. The summed E-state index contributed by atoms with van der Waals surface area (Å²) in [5.74, 6) is -0.706. The molecule has 3 nitrogen and oxygen atoms in total. The molecule has 0 radical (unpaired) electrons. The number of carbonyl (C=O) groups is 2. The molecular weight excluding hydrogens is 252 g/mol. The van der Waals surface area contributed by atoms with E-state index in [2.05, 4.69) is 4.74 Å². The van der Waals surface area contributed by atoms with Gasteiger partial charge in [0.25, 0.3) is 0 Å². The molecule has 0 heterocycles. The van der Waals surface area contributed by atoms with Gasteiger partial charge in [-0.15, -0.1) is 11.6 Å². The van der Waals surface area contributed by atoms with E-state index in [9.17, 15) is 9.59 Å². The zero-order valence-corrected chi connectivity index (χ0v) is 11.8. The quantitative estimate of drug-likeness (QED) is 0.479. The number of halogens is 1. The Labute approximate surface area is 112 Å². The second-order valence-electron chi connectivity index (χ2n) is 4.39. The van der Waals surface area contributed by atoms with Crippen molar-refractivity contribution in [3.05, 3.63) is 34.4 Å². The molecule has 0 spiro atoms. The van der Waals surface area contributed by atoms with Crippen molar-refractivity contribution in [3.63, 3.8) is 0 Å². The van der Waals surface area contributed by atoms with Crippen LogP contribution in [0.25, 0.3) is 0 Å². The third-order valence-corrected chi connectivity index (χ3v) is 3.13. The highest BCUT2D eigenvalue weighted by Crippen LogP contribution is 2.21. The van der Waals surface area contributed by atoms with Crippen molar-refractivity contribution in [2.45, 2.75) is 32.6 Å². The molecule has 1 rings (SSSR count). The van der Waals surface area contributed by atoms with Crippen LogP contribution >= 0.6 is 11.6 Å². The SMILES string of the molecule is COC(=O)CC(Cl)C(=O)c1c(C)cc(C)cc1C. The average Bonchev–Trinajstić information content (AvgIpc) is 2.27. The molecule has 0 aromatic heterocycles. The molecule has 1 aromatic rings. The van der Waals surface area contributed by atoms with Gasteiger partial charge in [-0.2, -0.15) is 0 Å². The van der Waals surface area contributed by atoms with E-state index in [1.165, 1.54) is 7.11 Å². The highest BCUT2D eigenvalue weighted by molar-refractivity contribution is 6.35. The number of ketones is 1. The van der Waals surface area contributed by atoms with Gasteiger partial charge < -0.3 is 4.74 Å². The summed E-state index contributed by atoms with van der Waals surface area (Å²) in [6.07, 6.45) is -0.107. The highest BCUT2D eigenvalue weighted by atomic mass is 35.5. The average molecular weight is 269 g/mol. The van der Waals surface area contributed by atoms with Gasteiger partial charge in [-0.05, 0) is 31.9 Å². The Morgan fingerprint density at radius 1 is 1.22 bits per heavy atom. The van der Waals surface area contributed by atoms with Gasteiger partial charge in [0.15, 0.2) is 5.78 Å². The lowest BCUT2D eigenvalue weighted by molar-refractivity contribution is -0.140. The molecular formula is C14H17ClO3. The van der Waals surface area contributed by atoms with Crippen LogP contribution in [-0.2, 0) is 9.53 Å². The summed E-state index contributed by atoms with van der Waals surface area (Å²) >= 11 is 5.97. The predicted molar refractivity (Wildman–Crippen MR) is 71.3 cm³/mol. The minimum Gasteiger partial charge on any atom is -0.469 e. The van der Waals surface area contributed by atoms with Crippen molar-refractivity contribution < 1.29 is 14.3 Å². The van der Waals surface area contributed by atoms with E-state index in [-0.39, 0.29) is 12.2 Å². The first kappa shape index (κ1) is 14.7. The maximum Gasteiger partial charge on any atom is 0.307 e. The summed E-state index contributed by atoms with van der Waals surface area (Å²) in [5.41, 5.74) is 3.46. The number of Topliss-reactive ketones (excluding diaryl/α,β-unsaturated/α-hetero) is 1. The zero-order chi connectivity index (χ0) is 13.9. The minimum absolute atomic E-state index is 0.107. The molecule has 0 aliphatic rings. The number of carbonyl (C=O) groups excluding carboxylic acids is 2. The normalized spacial score (nSPS) is 12.1. The van der Waals surface area contributed by atoms with Gasteiger partial charge in [-0.3, -0.25) is 9.59 Å². The van der Waals surface area contributed by atoms with E-state index in [1.54, 1.807) is 0 Å². The standard InChI is InChI=1S/C14H17ClO3/c1-8-5-9(2)13(10(3)6-8)14(17)11(15)7-12(16)18-4/h5-6,11H,7H2,1-4H3. The van der Waals surface area contributed by atoms with Gasteiger partial charge in [-0.1, -0.05) is 17.7 Å². The monoisotopic (exact) mass is 268 g/mol. The highest BCUT2D eigenvalue weighted by Gasteiger charge is 2.23. The van der Waals surface area contributed by atoms with Crippen LogP contribution in [0.4, 0.5) is 0 Å². The first-order valence-electron chi connectivity index (χ1n) is 5.69. The zero-order valence-electron chi connectivity index (χ0n) is 11.0. The molecule has 1 unspecified atom stereocenters. The molecule has 0 bridgehead atoms. The number of methoxy groups -OCH3 is 1. The Bertz CT molecular complexity index is 457. The third-order valence-electron chi connectivity index (χ3n) is 2.78. The Morgan fingerprint density at radius 3 is 2.17 bits per heavy atom. The summed E-state index contributed by atoms with van der Waals surface area (Å²) in [6, 6.07) is 3.87. The lowest BCUT2D eigenvalue weighted by atomic mass is 9.94. The molecule has 0 amide bonds. The summed E-state index contributed by atoms with van der Waals surface area (Å²) in [4.78, 5) is 23.3. The maximum atomic E-state index is 12.2.